The van der Waals surface area contributed by atoms with Crippen LogP contribution in [0.1, 0.15) is 5.56 Å². The van der Waals surface area contributed by atoms with Crippen LogP contribution < -0.4 is 4.90 Å². The number of piperidine rings is 1. The summed E-state index contributed by atoms with van der Waals surface area (Å²) in [7, 11) is 1.15. The Morgan fingerprint density at radius 3 is 2.48 bits per heavy atom. The number of fused-ring (bicyclic) bond motifs is 1. The number of alkyl halides is 1. The highest BCUT2D eigenvalue weighted by Gasteiger charge is 2.92. The Labute approximate surface area is 177 Å². The molecular weight excluding hydrogens is 468 g/mol. The molecule has 0 bridgehead atoms. The molecule has 0 spiro atoms. The molecule has 2 amide bonds. The number of nitro benzene ring substituents is 1. The van der Waals surface area contributed by atoms with Crippen molar-refractivity contribution in [3.8, 4) is 0 Å². The molecule has 2 aromatic rings. The molecule has 29 heavy (non-hydrogen) atoms. The molecule has 1 saturated carbocycles. The first-order valence-corrected chi connectivity index (χ1v) is 9.54. The largest absolute Gasteiger partial charge is 0.468 e. The molecule has 3 atom stereocenters. The van der Waals surface area contributed by atoms with Crippen LogP contribution in [0.2, 0.25) is 5.02 Å². The quantitative estimate of drug-likeness (QED) is 0.219. The minimum absolute atomic E-state index is 0.189. The summed E-state index contributed by atoms with van der Waals surface area (Å²) in [5, 5.41) is 11.7. The number of amides is 2. The number of esters is 1. The number of imide groups is 1. The summed E-state index contributed by atoms with van der Waals surface area (Å²) in [6.45, 7) is 0. The second kappa shape index (κ2) is 6.36. The van der Waals surface area contributed by atoms with Gasteiger partial charge in [0.2, 0.25) is 11.8 Å². The number of anilines is 1. The fourth-order valence-corrected chi connectivity index (χ4v) is 5.45. The van der Waals surface area contributed by atoms with E-state index in [1.165, 1.54) is 48.5 Å². The van der Waals surface area contributed by atoms with E-state index >= 15 is 0 Å². The number of rotatable bonds is 4. The maximum Gasteiger partial charge on any atom is 0.324 e. The maximum absolute atomic E-state index is 13.5. The number of benzene rings is 2. The van der Waals surface area contributed by atoms with Crippen LogP contribution in [0.15, 0.2) is 48.5 Å². The first-order chi connectivity index (χ1) is 13.7. The Morgan fingerprint density at radius 1 is 1.24 bits per heavy atom. The molecule has 148 valence electrons. The van der Waals surface area contributed by atoms with Crippen LogP contribution in [-0.2, 0) is 24.5 Å². The lowest BCUT2D eigenvalue weighted by Crippen LogP contribution is -2.46. The fraction of sp³-hybridized carbons (Fsp3) is 0.211. The number of carbonyl (C=O) groups is 3. The number of hydrogen-bond donors (Lipinski definition) is 0. The number of carbonyl (C=O) groups excluding carboxylic acids is 3. The van der Waals surface area contributed by atoms with Crippen LogP contribution in [0.4, 0.5) is 11.4 Å². The predicted molar refractivity (Wildman–Crippen MR) is 106 cm³/mol. The zero-order chi connectivity index (χ0) is 21.1. The van der Waals surface area contributed by atoms with Crippen LogP contribution in [0.3, 0.4) is 0 Å². The topological polar surface area (TPSA) is 107 Å². The lowest BCUT2D eigenvalue weighted by molar-refractivity contribution is -0.384. The number of nitro groups is 1. The molecule has 2 fully saturated rings. The lowest BCUT2D eigenvalue weighted by atomic mass is 9.91. The highest BCUT2D eigenvalue weighted by atomic mass is 79.9. The molecule has 10 heteroatoms. The van der Waals surface area contributed by atoms with Gasteiger partial charge in [0.1, 0.15) is 5.41 Å². The first-order valence-electron chi connectivity index (χ1n) is 8.37. The Hall–Kier alpha value is -2.78. The Kier molecular flexibility index (Phi) is 4.29. The predicted octanol–water partition coefficient (Wildman–Crippen LogP) is 3.00. The third-order valence-corrected chi connectivity index (χ3v) is 7.07. The SMILES string of the molecule is COC(=O)[C@]1(Br)[C@H]2C(=O)N(c3ccc(Cl)cc3)C(=O)[C@@]21c1cccc([N+](=O)[O-])c1. The van der Waals surface area contributed by atoms with Crippen LogP contribution in [0, 0.1) is 16.0 Å². The van der Waals surface area contributed by atoms with Gasteiger partial charge in [-0.25, -0.2) is 4.90 Å². The molecule has 4 rings (SSSR count). The van der Waals surface area contributed by atoms with Gasteiger partial charge in [0.25, 0.3) is 5.69 Å². The molecule has 1 saturated heterocycles. The summed E-state index contributed by atoms with van der Waals surface area (Å²) < 4.78 is 3.19. The van der Waals surface area contributed by atoms with E-state index in [2.05, 4.69) is 15.9 Å². The van der Waals surface area contributed by atoms with Crippen molar-refractivity contribution in [2.24, 2.45) is 5.92 Å². The van der Waals surface area contributed by atoms with Crippen molar-refractivity contribution in [1.29, 1.82) is 0 Å². The molecule has 0 N–H and O–H groups in total. The summed E-state index contributed by atoms with van der Waals surface area (Å²) in [5.41, 5.74) is -1.43. The molecule has 1 heterocycles. The van der Waals surface area contributed by atoms with E-state index in [4.69, 9.17) is 16.3 Å². The number of nitrogens with zero attached hydrogens (tertiary/aromatic N) is 2. The van der Waals surface area contributed by atoms with E-state index < -0.39 is 38.4 Å². The normalized spacial score (nSPS) is 27.6. The van der Waals surface area contributed by atoms with Gasteiger partial charge in [-0.15, -0.1) is 0 Å². The van der Waals surface area contributed by atoms with Gasteiger partial charge in [-0.2, -0.15) is 0 Å². The molecule has 0 aromatic heterocycles. The van der Waals surface area contributed by atoms with Gasteiger partial charge in [0, 0.05) is 17.2 Å². The summed E-state index contributed by atoms with van der Waals surface area (Å²) >= 11 is 9.16. The minimum atomic E-state index is -1.65. The summed E-state index contributed by atoms with van der Waals surface area (Å²) in [5.74, 6) is -3.18. The van der Waals surface area contributed by atoms with Crippen molar-refractivity contribution in [2.75, 3.05) is 12.0 Å². The molecule has 8 nitrogen and oxygen atoms in total. The van der Waals surface area contributed by atoms with Gasteiger partial charge in [0.15, 0.2) is 4.32 Å². The van der Waals surface area contributed by atoms with Crippen molar-refractivity contribution < 1.29 is 24.0 Å². The highest BCUT2D eigenvalue weighted by Crippen LogP contribution is 2.73. The van der Waals surface area contributed by atoms with Crippen LogP contribution in [0.25, 0.3) is 0 Å². The third kappa shape index (κ3) is 2.34. The average molecular weight is 480 g/mol. The summed E-state index contributed by atoms with van der Waals surface area (Å²) in [6.07, 6.45) is 0. The van der Waals surface area contributed by atoms with Gasteiger partial charge in [-0.1, -0.05) is 39.7 Å². The lowest BCUT2D eigenvalue weighted by Gasteiger charge is -2.25. The van der Waals surface area contributed by atoms with Crippen LogP contribution in [-0.4, -0.2) is 34.1 Å². The Bertz CT molecular complexity index is 1090. The monoisotopic (exact) mass is 478 g/mol. The molecule has 2 aliphatic rings. The van der Waals surface area contributed by atoms with Gasteiger partial charge in [-0.3, -0.25) is 24.5 Å². The third-order valence-electron chi connectivity index (χ3n) is 5.41. The van der Waals surface area contributed by atoms with Gasteiger partial charge in [0.05, 0.1) is 23.6 Å². The zero-order valence-corrected chi connectivity index (χ0v) is 17.1. The average Bonchev–Trinajstić information content (AvgIpc) is 3.21. The highest BCUT2D eigenvalue weighted by molar-refractivity contribution is 9.10. The summed E-state index contributed by atoms with van der Waals surface area (Å²) in [6, 6.07) is 11.5. The molecule has 0 radical (unpaired) electrons. The Morgan fingerprint density at radius 2 is 1.90 bits per heavy atom. The van der Waals surface area contributed by atoms with E-state index in [0.717, 1.165) is 12.0 Å². The number of methoxy groups -OCH3 is 1. The van der Waals surface area contributed by atoms with Crippen molar-refractivity contribution in [3.05, 3.63) is 69.2 Å². The van der Waals surface area contributed by atoms with Crippen molar-refractivity contribution in [3.63, 3.8) is 0 Å². The second-order valence-corrected chi connectivity index (χ2v) is 8.39. The standard InChI is InChI=1S/C19H12BrClN2O6/c1-29-17(26)19(20)14-15(24)22(12-7-5-11(21)6-8-12)16(25)18(14,19)10-3-2-4-13(9-10)23(27)28/h2-9,14H,1H3/t14-,18+,19+/m0/s1. The van der Waals surface area contributed by atoms with E-state index in [1.54, 1.807) is 0 Å². The number of halogens is 2. The van der Waals surface area contributed by atoms with Gasteiger partial charge < -0.3 is 4.74 Å². The van der Waals surface area contributed by atoms with Crippen molar-refractivity contribution >= 4 is 56.7 Å². The minimum Gasteiger partial charge on any atom is -0.468 e. The molecule has 0 unspecified atom stereocenters. The van der Waals surface area contributed by atoms with Crippen LogP contribution in [0.5, 0.6) is 0 Å². The molecular formula is C19H12BrClN2O6. The summed E-state index contributed by atoms with van der Waals surface area (Å²) in [4.78, 5) is 50.9. The van der Waals surface area contributed by atoms with E-state index in [0.29, 0.717) is 10.7 Å². The van der Waals surface area contributed by atoms with E-state index in [1.807, 2.05) is 0 Å². The number of hydrogen-bond acceptors (Lipinski definition) is 6. The van der Waals surface area contributed by atoms with Crippen LogP contribution >= 0.6 is 27.5 Å². The first kappa shape index (κ1) is 19.5. The van der Waals surface area contributed by atoms with Gasteiger partial charge in [-0.05, 0) is 29.8 Å². The number of non-ortho nitro benzene ring substituents is 1. The van der Waals surface area contributed by atoms with Crippen molar-refractivity contribution in [2.45, 2.75) is 9.74 Å². The van der Waals surface area contributed by atoms with Crippen molar-refractivity contribution in [1.82, 2.24) is 0 Å². The fourth-order valence-electron chi connectivity index (χ4n) is 4.11. The smallest absolute Gasteiger partial charge is 0.324 e. The molecule has 2 aromatic carbocycles. The van der Waals surface area contributed by atoms with E-state index in [-0.39, 0.29) is 11.3 Å². The Balaban J connectivity index is 1.90. The van der Waals surface area contributed by atoms with E-state index in [9.17, 15) is 24.5 Å². The second-order valence-electron chi connectivity index (χ2n) is 6.71. The number of ether oxygens (including phenoxy) is 1. The maximum atomic E-state index is 13.5. The molecule has 1 aliphatic carbocycles. The zero-order valence-electron chi connectivity index (χ0n) is 14.8. The molecule has 1 aliphatic heterocycles. The van der Waals surface area contributed by atoms with Gasteiger partial charge >= 0.3 is 5.97 Å².